The molecular weight excluding hydrogens is 442 g/mol. The summed E-state index contributed by atoms with van der Waals surface area (Å²) in [6.07, 6.45) is 1.54. The van der Waals surface area contributed by atoms with E-state index in [0.717, 1.165) is 54.4 Å². The van der Waals surface area contributed by atoms with Gasteiger partial charge in [-0.25, -0.2) is 5.06 Å². The fourth-order valence-electron chi connectivity index (χ4n) is 4.11. The number of anilines is 1. The lowest BCUT2D eigenvalue weighted by molar-refractivity contribution is 0.133. The normalized spacial score (nSPS) is 15.0. The van der Waals surface area contributed by atoms with Gasteiger partial charge in [0.25, 0.3) is 0 Å². The number of hydrogen-bond donors (Lipinski definition) is 0. The summed E-state index contributed by atoms with van der Waals surface area (Å²) in [6, 6.07) is 10.1. The molecule has 1 fully saturated rings. The average molecular weight is 470 g/mol. The van der Waals surface area contributed by atoms with Crippen molar-refractivity contribution in [1.29, 1.82) is 5.26 Å². The van der Waals surface area contributed by atoms with Gasteiger partial charge in [0.05, 0.1) is 31.0 Å². The van der Waals surface area contributed by atoms with E-state index >= 15 is 0 Å². The Labute approximate surface area is 198 Å². The van der Waals surface area contributed by atoms with Gasteiger partial charge in [-0.1, -0.05) is 0 Å². The maximum atomic E-state index is 9.58. The molecule has 0 unspecified atom stereocenters. The Bertz CT molecular complexity index is 1170. The zero-order valence-corrected chi connectivity index (χ0v) is 19.9. The quantitative estimate of drug-likeness (QED) is 0.215. The maximum absolute atomic E-state index is 9.58. The number of halogens is 1. The highest BCUT2D eigenvalue weighted by Gasteiger charge is 2.18. The van der Waals surface area contributed by atoms with Crippen molar-refractivity contribution < 1.29 is 14.3 Å². The number of hydrogen-bond acceptors (Lipinski definition) is 8. The third-order valence-electron chi connectivity index (χ3n) is 6.04. The Morgan fingerprint density at radius 2 is 1.82 bits per heavy atom. The fourth-order valence-corrected chi connectivity index (χ4v) is 4.33. The fraction of sp³-hybridized carbons (Fsp3) is 0.417. The molecule has 1 saturated heterocycles. The van der Waals surface area contributed by atoms with E-state index in [4.69, 9.17) is 25.9 Å². The maximum Gasteiger partial charge on any atom is 0.161 e. The number of aromatic nitrogens is 1. The lowest BCUT2D eigenvalue weighted by atomic mass is 10.0. The van der Waals surface area contributed by atoms with Crippen LogP contribution in [0.5, 0.6) is 11.5 Å². The van der Waals surface area contributed by atoms with E-state index < -0.39 is 0 Å². The number of nitrogens with zero attached hydrogens (tertiary/aromatic N) is 5. The topological polar surface area (TPSA) is 74.1 Å². The Balaban J connectivity index is 1.66. The highest BCUT2D eigenvalue weighted by atomic mass is 35.5. The molecule has 33 heavy (non-hydrogen) atoms. The number of ether oxygens (including phenoxy) is 2. The number of alkyl halides is 1. The SMILES string of the molecule is COc1cc2cc3c(N(CCl)OC)c(C#N)cnc3cc2cc1OCCN1CCN(C)CC1. The molecule has 4 rings (SSSR count). The van der Waals surface area contributed by atoms with Gasteiger partial charge in [-0.3, -0.25) is 14.7 Å². The van der Waals surface area contributed by atoms with Crippen LogP contribution in [0.3, 0.4) is 0 Å². The summed E-state index contributed by atoms with van der Waals surface area (Å²) in [5.41, 5.74) is 1.71. The van der Waals surface area contributed by atoms with E-state index in [1.54, 1.807) is 13.3 Å². The van der Waals surface area contributed by atoms with Crippen LogP contribution in [0.25, 0.3) is 21.7 Å². The van der Waals surface area contributed by atoms with E-state index in [1.165, 1.54) is 12.2 Å². The molecule has 0 N–H and O–H groups in total. The Morgan fingerprint density at radius 3 is 2.48 bits per heavy atom. The number of fused-ring (bicyclic) bond motifs is 2. The van der Waals surface area contributed by atoms with Gasteiger partial charge in [-0.15, -0.1) is 11.6 Å². The summed E-state index contributed by atoms with van der Waals surface area (Å²) in [7, 11) is 5.31. The second-order valence-electron chi connectivity index (χ2n) is 8.03. The number of likely N-dealkylation sites (N-methyl/N-ethyl adjacent to an activating group) is 1. The predicted molar refractivity (Wildman–Crippen MR) is 130 cm³/mol. The smallest absolute Gasteiger partial charge is 0.161 e. The number of piperazine rings is 1. The van der Waals surface area contributed by atoms with Crippen LogP contribution in [-0.2, 0) is 4.84 Å². The minimum atomic E-state index is 0.0751. The van der Waals surface area contributed by atoms with Crippen molar-refractivity contribution in [2.24, 2.45) is 0 Å². The molecule has 0 amide bonds. The summed E-state index contributed by atoms with van der Waals surface area (Å²) in [5, 5.41) is 13.7. The van der Waals surface area contributed by atoms with Gasteiger partial charge < -0.3 is 14.4 Å². The number of methoxy groups -OCH3 is 1. The van der Waals surface area contributed by atoms with Gasteiger partial charge in [0.1, 0.15) is 18.7 Å². The van der Waals surface area contributed by atoms with Crippen LogP contribution in [0.4, 0.5) is 5.69 Å². The Kier molecular flexibility index (Phi) is 7.36. The summed E-state index contributed by atoms with van der Waals surface area (Å²) in [4.78, 5) is 14.6. The first-order valence-electron chi connectivity index (χ1n) is 10.8. The standard InChI is InChI=1S/C24H28ClN5O3/c1-28-4-6-29(7-5-28)8-9-33-23-13-18-11-21-20(10-17(18)12-22(23)31-2)24(30(16-25)32-3)19(14-26)15-27-21/h10-13,15H,4-9,16H2,1-3H3. The van der Waals surface area contributed by atoms with Gasteiger partial charge >= 0.3 is 0 Å². The number of rotatable bonds is 8. The molecule has 0 aliphatic carbocycles. The van der Waals surface area contributed by atoms with Crippen LogP contribution >= 0.6 is 11.6 Å². The Hall–Kier alpha value is -2.83. The summed E-state index contributed by atoms with van der Waals surface area (Å²) >= 11 is 6.06. The van der Waals surface area contributed by atoms with Crippen molar-refractivity contribution in [2.45, 2.75) is 0 Å². The van der Waals surface area contributed by atoms with Gasteiger partial charge in [0, 0.05) is 44.3 Å². The summed E-state index contributed by atoms with van der Waals surface area (Å²) < 4.78 is 11.7. The number of pyridine rings is 1. The van der Waals surface area contributed by atoms with Crippen molar-refractivity contribution in [2.75, 3.05) is 71.7 Å². The first-order chi connectivity index (χ1) is 16.1. The van der Waals surface area contributed by atoms with E-state index in [9.17, 15) is 5.26 Å². The largest absolute Gasteiger partial charge is 0.493 e. The molecule has 3 aromatic rings. The molecule has 2 heterocycles. The van der Waals surface area contributed by atoms with Crippen LogP contribution in [0.2, 0.25) is 0 Å². The Morgan fingerprint density at radius 1 is 1.09 bits per heavy atom. The first-order valence-corrected chi connectivity index (χ1v) is 11.4. The molecule has 0 atom stereocenters. The zero-order valence-electron chi connectivity index (χ0n) is 19.2. The minimum absolute atomic E-state index is 0.0751. The van der Waals surface area contributed by atoms with Crippen LogP contribution in [0.15, 0.2) is 30.5 Å². The lowest BCUT2D eigenvalue weighted by Crippen LogP contribution is -2.45. The second-order valence-corrected chi connectivity index (χ2v) is 8.26. The molecule has 9 heteroatoms. The molecule has 0 spiro atoms. The number of nitriles is 1. The van der Waals surface area contributed by atoms with Crippen LogP contribution in [0, 0.1) is 11.3 Å². The van der Waals surface area contributed by atoms with Crippen molar-refractivity contribution >= 4 is 39.0 Å². The third-order valence-corrected chi connectivity index (χ3v) is 6.26. The molecule has 0 radical (unpaired) electrons. The molecule has 174 valence electrons. The highest BCUT2D eigenvalue weighted by Crippen LogP contribution is 2.37. The predicted octanol–water partition coefficient (Wildman–Crippen LogP) is 3.46. The molecule has 0 bridgehead atoms. The first kappa shape index (κ1) is 23.3. The van der Waals surface area contributed by atoms with Gasteiger partial charge in [0.15, 0.2) is 11.5 Å². The second kappa shape index (κ2) is 10.4. The van der Waals surface area contributed by atoms with Crippen LogP contribution in [0.1, 0.15) is 5.56 Å². The zero-order chi connectivity index (χ0) is 23.4. The minimum Gasteiger partial charge on any atom is -0.493 e. The van der Waals surface area contributed by atoms with E-state index in [1.807, 2.05) is 24.3 Å². The van der Waals surface area contributed by atoms with E-state index in [2.05, 4.69) is 27.9 Å². The molecule has 0 saturated carbocycles. The molecule has 1 aliphatic heterocycles. The lowest BCUT2D eigenvalue weighted by Gasteiger charge is -2.32. The summed E-state index contributed by atoms with van der Waals surface area (Å²) in [5.74, 6) is 1.36. The summed E-state index contributed by atoms with van der Waals surface area (Å²) in [6.45, 7) is 5.74. The van der Waals surface area contributed by atoms with Crippen molar-refractivity contribution in [3.63, 3.8) is 0 Å². The highest BCUT2D eigenvalue weighted by molar-refractivity contribution is 6.19. The number of hydroxylamine groups is 1. The van der Waals surface area contributed by atoms with E-state index in [-0.39, 0.29) is 6.00 Å². The van der Waals surface area contributed by atoms with Gasteiger partial charge in [-0.2, -0.15) is 5.26 Å². The molecular formula is C24H28ClN5O3. The van der Waals surface area contributed by atoms with Crippen molar-refractivity contribution in [3.05, 3.63) is 36.0 Å². The number of benzene rings is 2. The van der Waals surface area contributed by atoms with Gasteiger partial charge in [-0.05, 0) is 42.1 Å². The van der Waals surface area contributed by atoms with Crippen molar-refractivity contribution in [1.82, 2.24) is 14.8 Å². The molecule has 1 aromatic heterocycles. The van der Waals surface area contributed by atoms with Crippen LogP contribution in [-0.4, -0.2) is 81.4 Å². The van der Waals surface area contributed by atoms with Crippen molar-refractivity contribution in [3.8, 4) is 17.6 Å². The van der Waals surface area contributed by atoms with Gasteiger partial charge in [0.2, 0.25) is 0 Å². The molecule has 1 aliphatic rings. The molecule has 8 nitrogen and oxygen atoms in total. The average Bonchev–Trinajstić information content (AvgIpc) is 2.84. The van der Waals surface area contributed by atoms with E-state index in [0.29, 0.717) is 29.4 Å². The molecule has 2 aromatic carbocycles. The van der Waals surface area contributed by atoms with Crippen LogP contribution < -0.4 is 14.5 Å². The monoisotopic (exact) mass is 469 g/mol. The third kappa shape index (κ3) is 4.92.